The van der Waals surface area contributed by atoms with Crippen molar-refractivity contribution in [2.45, 2.75) is 47.0 Å². The van der Waals surface area contributed by atoms with E-state index in [1.807, 2.05) is 19.1 Å². The lowest BCUT2D eigenvalue weighted by Gasteiger charge is -2.34. The standard InChI is InChI=1S/C21H27N3OS/c1-5-25-16-8-6-14(7-9-16)17-13-26-19(22-17)24-23-18-12-15-10-11-21(18,4)20(15,2)3/h6-9,13,15H,5,10-12H2,1-4H3,(H,22,24)/b23-18-/t15-,21-/m1/s1. The minimum absolute atomic E-state index is 0.222. The van der Waals surface area contributed by atoms with Crippen LogP contribution in [0, 0.1) is 16.7 Å². The first-order valence-electron chi connectivity index (χ1n) is 9.46. The van der Waals surface area contributed by atoms with Crippen molar-refractivity contribution < 1.29 is 4.74 Å². The fourth-order valence-corrected chi connectivity index (χ4v) is 5.22. The smallest absolute Gasteiger partial charge is 0.203 e. The molecule has 0 radical (unpaired) electrons. The molecular formula is C21H27N3OS. The van der Waals surface area contributed by atoms with Crippen LogP contribution in [0.4, 0.5) is 5.13 Å². The molecule has 0 amide bonds. The second-order valence-electron chi connectivity index (χ2n) is 8.16. The first-order chi connectivity index (χ1) is 12.4. The van der Waals surface area contributed by atoms with Gasteiger partial charge in [-0.3, -0.25) is 5.43 Å². The molecule has 2 atom stereocenters. The van der Waals surface area contributed by atoms with Gasteiger partial charge in [-0.2, -0.15) is 5.10 Å². The topological polar surface area (TPSA) is 46.5 Å². The lowest BCUT2D eigenvalue weighted by Crippen LogP contribution is -2.32. The number of aromatic nitrogens is 1. The highest BCUT2D eigenvalue weighted by molar-refractivity contribution is 7.14. The molecule has 1 heterocycles. The maximum absolute atomic E-state index is 5.50. The molecule has 2 aromatic rings. The monoisotopic (exact) mass is 369 g/mol. The van der Waals surface area contributed by atoms with Crippen LogP contribution < -0.4 is 10.2 Å². The molecule has 5 heteroatoms. The van der Waals surface area contributed by atoms with E-state index in [1.165, 1.54) is 18.6 Å². The molecule has 4 rings (SSSR count). The predicted molar refractivity (Wildman–Crippen MR) is 109 cm³/mol. The normalized spacial score (nSPS) is 27.8. The van der Waals surface area contributed by atoms with Crippen molar-refractivity contribution in [3.8, 4) is 17.0 Å². The van der Waals surface area contributed by atoms with E-state index in [1.54, 1.807) is 11.3 Å². The Balaban J connectivity index is 1.48. The summed E-state index contributed by atoms with van der Waals surface area (Å²) in [6.45, 7) is 9.86. The summed E-state index contributed by atoms with van der Waals surface area (Å²) in [5.41, 5.74) is 7.18. The number of hydrazone groups is 1. The fraction of sp³-hybridized carbons (Fsp3) is 0.524. The number of hydrogen-bond donors (Lipinski definition) is 1. The quantitative estimate of drug-likeness (QED) is 0.675. The minimum atomic E-state index is 0.222. The van der Waals surface area contributed by atoms with Crippen molar-refractivity contribution in [2.75, 3.05) is 12.0 Å². The third-order valence-electron chi connectivity index (χ3n) is 6.76. The molecule has 2 aliphatic rings. The fourth-order valence-electron chi connectivity index (χ4n) is 4.56. The summed E-state index contributed by atoms with van der Waals surface area (Å²) < 4.78 is 5.50. The van der Waals surface area contributed by atoms with Crippen LogP contribution in [0.5, 0.6) is 5.75 Å². The van der Waals surface area contributed by atoms with Crippen LogP contribution in [-0.2, 0) is 0 Å². The molecule has 2 fully saturated rings. The maximum atomic E-state index is 5.50. The second kappa shape index (κ2) is 6.38. The van der Waals surface area contributed by atoms with Gasteiger partial charge in [-0.1, -0.05) is 20.8 Å². The van der Waals surface area contributed by atoms with Gasteiger partial charge in [0.2, 0.25) is 5.13 Å². The van der Waals surface area contributed by atoms with Crippen LogP contribution in [0.3, 0.4) is 0 Å². The minimum Gasteiger partial charge on any atom is -0.494 e. The van der Waals surface area contributed by atoms with Crippen LogP contribution in [-0.4, -0.2) is 17.3 Å². The van der Waals surface area contributed by atoms with Gasteiger partial charge >= 0.3 is 0 Å². The van der Waals surface area contributed by atoms with Crippen molar-refractivity contribution in [3.05, 3.63) is 29.6 Å². The Morgan fingerprint density at radius 3 is 2.65 bits per heavy atom. The third kappa shape index (κ3) is 2.73. The van der Waals surface area contributed by atoms with Crippen molar-refractivity contribution >= 4 is 22.2 Å². The number of anilines is 1. The zero-order valence-electron chi connectivity index (χ0n) is 16.0. The summed E-state index contributed by atoms with van der Waals surface area (Å²) in [7, 11) is 0. The largest absolute Gasteiger partial charge is 0.494 e. The Hall–Kier alpha value is -1.88. The highest BCUT2D eigenvalue weighted by Crippen LogP contribution is 2.63. The zero-order valence-corrected chi connectivity index (χ0v) is 16.8. The van der Waals surface area contributed by atoms with Crippen molar-refractivity contribution in [1.29, 1.82) is 0 Å². The first kappa shape index (κ1) is 17.5. The van der Waals surface area contributed by atoms with Crippen LogP contribution in [0.1, 0.15) is 47.0 Å². The van der Waals surface area contributed by atoms with Gasteiger partial charge in [0.25, 0.3) is 0 Å². The molecule has 1 aromatic heterocycles. The lowest BCUT2D eigenvalue weighted by molar-refractivity contribution is 0.194. The highest BCUT2D eigenvalue weighted by Gasteiger charge is 2.59. The molecule has 26 heavy (non-hydrogen) atoms. The number of nitrogens with one attached hydrogen (secondary N) is 1. The highest BCUT2D eigenvalue weighted by atomic mass is 32.1. The third-order valence-corrected chi connectivity index (χ3v) is 7.51. The summed E-state index contributed by atoms with van der Waals surface area (Å²) in [6, 6.07) is 8.08. The van der Waals surface area contributed by atoms with Gasteiger partial charge in [-0.15, -0.1) is 11.3 Å². The Labute approximate surface area is 159 Å². The average molecular weight is 370 g/mol. The number of hydrogen-bond acceptors (Lipinski definition) is 5. The average Bonchev–Trinajstić information content (AvgIpc) is 3.23. The van der Waals surface area contributed by atoms with Gasteiger partial charge in [0.05, 0.1) is 12.3 Å². The van der Waals surface area contributed by atoms with Gasteiger partial charge in [0, 0.05) is 22.1 Å². The molecule has 4 nitrogen and oxygen atoms in total. The van der Waals surface area contributed by atoms with Gasteiger partial charge in [-0.05, 0) is 61.8 Å². The molecule has 0 spiro atoms. The Bertz CT molecular complexity index is 824. The molecular weight excluding hydrogens is 342 g/mol. The zero-order chi connectivity index (χ0) is 18.4. The van der Waals surface area contributed by atoms with Crippen LogP contribution in [0.25, 0.3) is 11.3 Å². The van der Waals surface area contributed by atoms with E-state index in [0.717, 1.165) is 34.5 Å². The number of benzene rings is 1. The number of thiazole rings is 1. The first-order valence-corrected chi connectivity index (χ1v) is 10.3. The molecule has 138 valence electrons. The lowest BCUT2D eigenvalue weighted by atomic mass is 9.70. The summed E-state index contributed by atoms with van der Waals surface area (Å²) in [6.07, 6.45) is 3.70. The van der Waals surface area contributed by atoms with Crippen molar-refractivity contribution in [1.82, 2.24) is 4.98 Å². The van der Waals surface area contributed by atoms with Crippen LogP contribution >= 0.6 is 11.3 Å². The van der Waals surface area contributed by atoms with Gasteiger partial charge in [-0.25, -0.2) is 4.98 Å². The van der Waals surface area contributed by atoms with Gasteiger partial charge in [0.15, 0.2) is 0 Å². The summed E-state index contributed by atoms with van der Waals surface area (Å²) in [4.78, 5) is 4.70. The van der Waals surface area contributed by atoms with E-state index < -0.39 is 0 Å². The number of fused-ring (bicyclic) bond motifs is 2. The van der Waals surface area contributed by atoms with Gasteiger partial charge < -0.3 is 4.74 Å². The molecule has 0 aliphatic heterocycles. The number of ether oxygens (including phenoxy) is 1. The summed E-state index contributed by atoms with van der Waals surface area (Å²) in [5.74, 6) is 1.66. The van der Waals surface area contributed by atoms with E-state index in [4.69, 9.17) is 14.8 Å². The molecule has 1 aromatic carbocycles. The molecule has 1 N–H and O–H groups in total. The molecule has 0 saturated heterocycles. The van der Waals surface area contributed by atoms with E-state index in [0.29, 0.717) is 12.0 Å². The summed E-state index contributed by atoms with van der Waals surface area (Å²) >= 11 is 1.60. The van der Waals surface area contributed by atoms with Gasteiger partial charge in [0.1, 0.15) is 5.75 Å². The SMILES string of the molecule is CCOc1ccc(-c2csc(N/N=C3/C[C@H]4CC[C@@]3(C)C4(C)C)n2)cc1. The van der Waals surface area contributed by atoms with Crippen LogP contribution in [0.2, 0.25) is 0 Å². The van der Waals surface area contributed by atoms with Crippen molar-refractivity contribution in [2.24, 2.45) is 21.8 Å². The molecule has 2 aliphatic carbocycles. The Morgan fingerprint density at radius 2 is 2.04 bits per heavy atom. The second-order valence-corrected chi connectivity index (χ2v) is 9.02. The van der Waals surface area contributed by atoms with Crippen LogP contribution in [0.15, 0.2) is 34.7 Å². The maximum Gasteiger partial charge on any atom is 0.203 e. The number of rotatable bonds is 5. The van der Waals surface area contributed by atoms with E-state index >= 15 is 0 Å². The number of nitrogens with zero attached hydrogens (tertiary/aromatic N) is 2. The molecule has 2 bridgehead atoms. The molecule has 0 unspecified atom stereocenters. The van der Waals surface area contributed by atoms with E-state index in [-0.39, 0.29) is 5.41 Å². The predicted octanol–water partition coefficient (Wildman–Crippen LogP) is 5.82. The summed E-state index contributed by atoms with van der Waals surface area (Å²) in [5, 5.41) is 7.71. The van der Waals surface area contributed by atoms with E-state index in [2.05, 4.69) is 43.7 Å². The van der Waals surface area contributed by atoms with Crippen molar-refractivity contribution in [3.63, 3.8) is 0 Å². The molecule has 2 saturated carbocycles. The Morgan fingerprint density at radius 1 is 1.27 bits per heavy atom. The Kier molecular flexibility index (Phi) is 4.30. The van der Waals surface area contributed by atoms with E-state index in [9.17, 15) is 0 Å².